The maximum absolute atomic E-state index is 10.2. The largest absolute Gasteiger partial charge is 0.446 e. The minimum Gasteiger partial charge on any atom is -0.364 e. The Balaban J connectivity index is 2.71. The summed E-state index contributed by atoms with van der Waals surface area (Å²) in [6.07, 6.45) is 3.99. The summed E-state index contributed by atoms with van der Waals surface area (Å²) in [6.45, 7) is 0. The Morgan fingerprint density at radius 1 is 1.50 bits per heavy atom. The molecule has 0 unspecified atom stereocenters. The fraction of sp³-hybridized carbons (Fsp3) is 0.200. The first-order chi connectivity index (χ1) is 5.58. The van der Waals surface area contributed by atoms with E-state index >= 15 is 0 Å². The van der Waals surface area contributed by atoms with Gasteiger partial charge in [0.1, 0.15) is 12.1 Å². The second kappa shape index (κ2) is 3.46. The van der Waals surface area contributed by atoms with Crippen LogP contribution in [-0.4, -0.2) is 25.5 Å². The van der Waals surface area contributed by atoms with E-state index in [9.17, 15) is 8.42 Å². The van der Waals surface area contributed by atoms with E-state index in [0.717, 1.165) is 0 Å². The summed E-state index contributed by atoms with van der Waals surface area (Å²) in [4.78, 5) is 7.18. The Labute approximate surface area is 69.2 Å². The molecule has 1 heterocycles. The van der Waals surface area contributed by atoms with Gasteiger partial charge in [0.2, 0.25) is 0 Å². The standard InChI is InChI=1S/C5H6N2O4S/c8-12(9,10)11-5-1-2-6-4-7-3-5/h2-4H,1H2,(H,8,9,10). The van der Waals surface area contributed by atoms with Gasteiger partial charge in [-0.15, -0.1) is 0 Å². The first-order valence-electron chi connectivity index (χ1n) is 2.97. The number of hydrogen-bond acceptors (Lipinski definition) is 5. The predicted molar refractivity (Wildman–Crippen MR) is 42.3 cm³/mol. The van der Waals surface area contributed by atoms with Crippen LogP contribution in [0, 0.1) is 0 Å². The number of nitrogens with zero attached hydrogens (tertiary/aromatic N) is 2. The average Bonchev–Trinajstić information content (AvgIpc) is 2.12. The summed E-state index contributed by atoms with van der Waals surface area (Å²) >= 11 is 0. The van der Waals surface area contributed by atoms with Crippen molar-refractivity contribution >= 4 is 23.0 Å². The fourth-order valence-corrected chi connectivity index (χ4v) is 0.970. The molecule has 7 heteroatoms. The number of hydrogen-bond donors (Lipinski definition) is 1. The quantitative estimate of drug-likeness (QED) is 0.627. The van der Waals surface area contributed by atoms with Gasteiger partial charge in [-0.05, 0) is 0 Å². The van der Waals surface area contributed by atoms with Gasteiger partial charge in [-0.1, -0.05) is 0 Å². The molecule has 1 rings (SSSR count). The SMILES string of the molecule is O=S(=O)(O)OC1=CN=CN=CC1. The van der Waals surface area contributed by atoms with Crippen LogP contribution in [0.1, 0.15) is 6.42 Å². The molecule has 0 saturated heterocycles. The second-order valence-corrected chi connectivity index (χ2v) is 2.93. The minimum absolute atomic E-state index is 0.0231. The Kier molecular flexibility index (Phi) is 2.56. The minimum atomic E-state index is -4.44. The molecule has 0 aromatic rings. The van der Waals surface area contributed by atoms with Crippen LogP contribution >= 0.6 is 0 Å². The molecule has 6 nitrogen and oxygen atoms in total. The highest BCUT2D eigenvalue weighted by atomic mass is 32.3. The van der Waals surface area contributed by atoms with E-state index < -0.39 is 10.4 Å². The van der Waals surface area contributed by atoms with Crippen molar-refractivity contribution in [1.82, 2.24) is 0 Å². The van der Waals surface area contributed by atoms with Crippen LogP contribution < -0.4 is 0 Å². The topological polar surface area (TPSA) is 88.3 Å². The first kappa shape index (κ1) is 8.88. The van der Waals surface area contributed by atoms with Crippen LogP contribution in [0.5, 0.6) is 0 Å². The molecule has 0 aromatic heterocycles. The van der Waals surface area contributed by atoms with E-state index in [0.29, 0.717) is 0 Å². The summed E-state index contributed by atoms with van der Waals surface area (Å²) in [5.74, 6) is 0.0231. The summed E-state index contributed by atoms with van der Waals surface area (Å²) in [5.41, 5.74) is 0. The van der Waals surface area contributed by atoms with Crippen molar-refractivity contribution in [2.45, 2.75) is 6.42 Å². The van der Waals surface area contributed by atoms with Gasteiger partial charge in [0.05, 0.1) is 6.20 Å². The van der Waals surface area contributed by atoms with Crippen LogP contribution in [-0.2, 0) is 14.6 Å². The zero-order valence-corrected chi connectivity index (χ0v) is 6.73. The summed E-state index contributed by atoms with van der Waals surface area (Å²) in [6, 6.07) is 0. The first-order valence-corrected chi connectivity index (χ1v) is 4.34. The third-order valence-electron chi connectivity index (χ3n) is 0.962. The normalized spacial score (nSPS) is 16.9. The molecule has 0 bridgehead atoms. The molecule has 1 N–H and O–H groups in total. The molecule has 1 aliphatic rings. The number of allylic oxidation sites excluding steroid dienone is 1. The third-order valence-corrected chi connectivity index (χ3v) is 1.39. The van der Waals surface area contributed by atoms with E-state index in [1.807, 2.05) is 0 Å². The van der Waals surface area contributed by atoms with E-state index in [1.54, 1.807) is 0 Å². The van der Waals surface area contributed by atoms with Gasteiger partial charge >= 0.3 is 10.4 Å². The molecule has 66 valence electrons. The fourth-order valence-electron chi connectivity index (χ4n) is 0.588. The van der Waals surface area contributed by atoms with Crippen LogP contribution in [0.2, 0.25) is 0 Å². The molecule has 0 amide bonds. The molecule has 0 atom stereocenters. The van der Waals surface area contributed by atoms with E-state index in [1.165, 1.54) is 18.8 Å². The van der Waals surface area contributed by atoms with Crippen LogP contribution in [0.15, 0.2) is 21.9 Å². The zero-order chi connectivity index (χ0) is 9.03. The monoisotopic (exact) mass is 190 g/mol. The zero-order valence-electron chi connectivity index (χ0n) is 5.91. The molecule has 1 aliphatic heterocycles. The van der Waals surface area contributed by atoms with Crippen LogP contribution in [0.3, 0.4) is 0 Å². The Hall–Kier alpha value is -1.21. The molecule has 0 spiro atoms. The molecule has 0 aliphatic carbocycles. The Bertz CT molecular complexity index is 340. The Morgan fingerprint density at radius 2 is 2.25 bits per heavy atom. The van der Waals surface area contributed by atoms with Crippen molar-refractivity contribution in [2.75, 3.05) is 0 Å². The van der Waals surface area contributed by atoms with Gasteiger partial charge in [-0.25, -0.2) is 9.98 Å². The van der Waals surface area contributed by atoms with Gasteiger partial charge < -0.3 is 4.18 Å². The molecule has 0 radical (unpaired) electrons. The van der Waals surface area contributed by atoms with E-state index in [-0.39, 0.29) is 12.2 Å². The van der Waals surface area contributed by atoms with Crippen molar-refractivity contribution in [3.05, 3.63) is 12.0 Å². The summed E-state index contributed by atoms with van der Waals surface area (Å²) in [7, 11) is -4.44. The van der Waals surface area contributed by atoms with Crippen molar-refractivity contribution in [2.24, 2.45) is 9.98 Å². The maximum Gasteiger partial charge on any atom is 0.446 e. The van der Waals surface area contributed by atoms with Gasteiger partial charge in [-0.2, -0.15) is 8.42 Å². The molecule has 0 aromatic carbocycles. The van der Waals surface area contributed by atoms with Gasteiger partial charge in [-0.3, -0.25) is 4.55 Å². The maximum atomic E-state index is 10.2. The smallest absolute Gasteiger partial charge is 0.364 e. The van der Waals surface area contributed by atoms with Gasteiger partial charge in [0.15, 0.2) is 0 Å². The summed E-state index contributed by atoms with van der Waals surface area (Å²) in [5, 5.41) is 0. The van der Waals surface area contributed by atoms with Gasteiger partial charge in [0.25, 0.3) is 0 Å². The number of rotatable bonds is 2. The van der Waals surface area contributed by atoms with E-state index in [2.05, 4.69) is 14.2 Å². The predicted octanol–water partition coefficient (Wildman–Crippen LogP) is 0.150. The van der Waals surface area contributed by atoms with Crippen LogP contribution in [0.25, 0.3) is 0 Å². The lowest BCUT2D eigenvalue weighted by Crippen LogP contribution is -2.03. The average molecular weight is 190 g/mol. The molecular weight excluding hydrogens is 184 g/mol. The van der Waals surface area contributed by atoms with Crippen molar-refractivity contribution < 1.29 is 17.2 Å². The molecule has 0 saturated carbocycles. The van der Waals surface area contributed by atoms with Crippen molar-refractivity contribution in [1.29, 1.82) is 0 Å². The molecule has 0 fully saturated rings. The van der Waals surface area contributed by atoms with Crippen molar-refractivity contribution in [3.63, 3.8) is 0 Å². The second-order valence-electron chi connectivity index (χ2n) is 1.91. The number of aliphatic imine (C=N–C) groups is 2. The molecular formula is C5H6N2O4S. The highest BCUT2D eigenvalue weighted by Crippen LogP contribution is 2.07. The lowest BCUT2D eigenvalue weighted by Gasteiger charge is -2.00. The van der Waals surface area contributed by atoms with E-state index in [4.69, 9.17) is 4.55 Å². The lowest BCUT2D eigenvalue weighted by molar-refractivity contribution is 0.329. The van der Waals surface area contributed by atoms with Crippen molar-refractivity contribution in [3.8, 4) is 0 Å². The van der Waals surface area contributed by atoms with Crippen LogP contribution in [0.4, 0.5) is 0 Å². The van der Waals surface area contributed by atoms with Gasteiger partial charge in [0, 0.05) is 12.6 Å². The third kappa shape index (κ3) is 3.26. The highest BCUT2D eigenvalue weighted by Gasteiger charge is 2.08. The lowest BCUT2D eigenvalue weighted by atomic mass is 10.4. The molecule has 12 heavy (non-hydrogen) atoms. The summed E-state index contributed by atoms with van der Waals surface area (Å²) < 4.78 is 32.8. The Morgan fingerprint density at radius 3 is 2.92 bits per heavy atom. The highest BCUT2D eigenvalue weighted by molar-refractivity contribution is 7.81.